The Morgan fingerprint density at radius 3 is 2.22 bits per heavy atom. The number of hydrogen-bond acceptors (Lipinski definition) is 8. The summed E-state index contributed by atoms with van der Waals surface area (Å²) in [5.74, 6) is 5.73. The van der Waals surface area contributed by atoms with Gasteiger partial charge < -0.3 is 25.0 Å². The number of ether oxygens (including phenoxy) is 2. The minimum absolute atomic E-state index is 0.0505. The van der Waals surface area contributed by atoms with Crippen molar-refractivity contribution in [3.8, 4) is 17.6 Å². The van der Waals surface area contributed by atoms with Crippen LogP contribution in [0.1, 0.15) is 47.9 Å². The van der Waals surface area contributed by atoms with E-state index in [1.807, 2.05) is 48.5 Å². The van der Waals surface area contributed by atoms with Crippen molar-refractivity contribution in [2.24, 2.45) is 0 Å². The lowest BCUT2D eigenvalue weighted by atomic mass is 10.0. The number of anilines is 2. The average Bonchev–Trinajstić information content (AvgIpc) is 3.10. The van der Waals surface area contributed by atoms with E-state index >= 15 is 0 Å². The summed E-state index contributed by atoms with van der Waals surface area (Å²) in [6.07, 6.45) is 0.450. The van der Waals surface area contributed by atoms with Gasteiger partial charge in [0, 0.05) is 41.8 Å². The molecular formula is C37H32N4O8. The number of para-hydroxylation sites is 1. The number of nitro groups is 1. The summed E-state index contributed by atoms with van der Waals surface area (Å²) in [5, 5.41) is 16.0. The zero-order chi connectivity index (χ0) is 34.6. The summed E-state index contributed by atoms with van der Waals surface area (Å²) in [6, 6.07) is 26.9. The summed E-state index contributed by atoms with van der Waals surface area (Å²) in [5.41, 5.74) is 4.39. The van der Waals surface area contributed by atoms with Gasteiger partial charge in [-0.1, -0.05) is 54.3 Å². The van der Waals surface area contributed by atoms with Gasteiger partial charge in [-0.2, -0.15) is 0 Å². The number of rotatable bonds is 12. The topological polar surface area (TPSA) is 157 Å². The minimum atomic E-state index is -0.978. The Hall–Kier alpha value is -6.48. The van der Waals surface area contributed by atoms with Crippen LogP contribution in [0.5, 0.6) is 5.75 Å². The first kappa shape index (κ1) is 33.9. The van der Waals surface area contributed by atoms with Crippen molar-refractivity contribution in [2.45, 2.75) is 38.8 Å². The third-order valence-electron chi connectivity index (χ3n) is 7.51. The van der Waals surface area contributed by atoms with Gasteiger partial charge >= 0.3 is 6.16 Å². The SMILES string of the molecule is O=C(CCCCC(=O)N1Cc2ccccc2C#Cc2ccccc21)NCC(=O)Nc1ccc(COC(=O)Oc2ccc([N+](=O)[O-])cc2)cc1. The number of non-ortho nitro benzene ring substituents is 1. The summed E-state index contributed by atoms with van der Waals surface area (Å²) in [6.45, 7) is 0.0886. The highest BCUT2D eigenvalue weighted by Crippen LogP contribution is 2.26. The van der Waals surface area contributed by atoms with Crippen molar-refractivity contribution in [2.75, 3.05) is 16.8 Å². The number of carbonyl (C=O) groups excluding carboxylic acids is 4. The summed E-state index contributed by atoms with van der Waals surface area (Å²) in [4.78, 5) is 61.9. The quantitative estimate of drug-likeness (QED) is 0.0477. The van der Waals surface area contributed by atoms with Gasteiger partial charge in [0.25, 0.3) is 5.69 Å². The Morgan fingerprint density at radius 2 is 1.47 bits per heavy atom. The van der Waals surface area contributed by atoms with E-state index in [-0.39, 0.29) is 49.2 Å². The number of nitro benzene ring substituents is 1. The van der Waals surface area contributed by atoms with Crippen molar-refractivity contribution in [3.63, 3.8) is 0 Å². The second kappa shape index (κ2) is 16.4. The van der Waals surface area contributed by atoms with Crippen LogP contribution in [-0.2, 0) is 32.3 Å². The third kappa shape index (κ3) is 9.76. The molecule has 4 aromatic carbocycles. The van der Waals surface area contributed by atoms with Crippen LogP contribution in [-0.4, -0.2) is 35.3 Å². The van der Waals surface area contributed by atoms with Crippen LogP contribution in [0.3, 0.4) is 0 Å². The van der Waals surface area contributed by atoms with E-state index in [0.717, 1.165) is 22.4 Å². The highest BCUT2D eigenvalue weighted by atomic mass is 16.7. The first-order valence-electron chi connectivity index (χ1n) is 15.5. The average molecular weight is 661 g/mol. The molecule has 1 aliphatic heterocycles. The number of amides is 3. The Labute approximate surface area is 282 Å². The molecule has 0 bridgehead atoms. The van der Waals surface area contributed by atoms with E-state index in [4.69, 9.17) is 9.47 Å². The van der Waals surface area contributed by atoms with Gasteiger partial charge in [0.15, 0.2) is 0 Å². The molecule has 248 valence electrons. The molecule has 0 spiro atoms. The second-order valence-electron chi connectivity index (χ2n) is 11.0. The molecule has 1 heterocycles. The lowest BCUT2D eigenvalue weighted by Gasteiger charge is -2.26. The first-order valence-corrected chi connectivity index (χ1v) is 15.5. The molecule has 49 heavy (non-hydrogen) atoms. The highest BCUT2D eigenvalue weighted by Gasteiger charge is 2.21. The first-order chi connectivity index (χ1) is 23.7. The van der Waals surface area contributed by atoms with Gasteiger partial charge in [-0.15, -0.1) is 0 Å². The molecule has 12 heteroatoms. The molecule has 0 radical (unpaired) electrons. The van der Waals surface area contributed by atoms with E-state index in [9.17, 15) is 29.3 Å². The zero-order valence-electron chi connectivity index (χ0n) is 26.3. The number of nitrogens with one attached hydrogen (secondary N) is 2. The normalized spacial score (nSPS) is 11.3. The molecule has 0 fully saturated rings. The number of nitrogens with zero attached hydrogens (tertiary/aromatic N) is 2. The molecule has 12 nitrogen and oxygen atoms in total. The lowest BCUT2D eigenvalue weighted by molar-refractivity contribution is -0.384. The van der Waals surface area contributed by atoms with Gasteiger partial charge in [0.2, 0.25) is 17.7 Å². The number of unbranched alkanes of at least 4 members (excludes halogenated alkanes) is 1. The molecule has 0 aliphatic carbocycles. The Kier molecular flexibility index (Phi) is 11.3. The van der Waals surface area contributed by atoms with E-state index in [1.165, 1.54) is 24.3 Å². The monoisotopic (exact) mass is 660 g/mol. The van der Waals surface area contributed by atoms with Crippen molar-refractivity contribution < 1.29 is 33.6 Å². The van der Waals surface area contributed by atoms with Gasteiger partial charge in [0.1, 0.15) is 12.4 Å². The Balaban J connectivity index is 0.993. The molecule has 3 amide bonds. The minimum Gasteiger partial charge on any atom is -0.429 e. The Bertz CT molecular complexity index is 1910. The maximum absolute atomic E-state index is 13.3. The molecule has 0 atom stereocenters. The molecule has 0 saturated heterocycles. The highest BCUT2D eigenvalue weighted by molar-refractivity contribution is 5.95. The lowest BCUT2D eigenvalue weighted by Crippen LogP contribution is -2.33. The van der Waals surface area contributed by atoms with Crippen LogP contribution < -0.4 is 20.3 Å². The number of fused-ring (bicyclic) bond motifs is 2. The summed E-state index contributed by atoms with van der Waals surface area (Å²) in [7, 11) is 0. The number of carbonyl (C=O) groups is 4. The summed E-state index contributed by atoms with van der Waals surface area (Å²) < 4.78 is 10.1. The van der Waals surface area contributed by atoms with Gasteiger partial charge in [-0.25, -0.2) is 4.79 Å². The third-order valence-corrected chi connectivity index (χ3v) is 7.51. The largest absolute Gasteiger partial charge is 0.514 e. The van der Waals surface area contributed by atoms with Crippen molar-refractivity contribution >= 4 is 40.9 Å². The predicted molar refractivity (Wildman–Crippen MR) is 181 cm³/mol. The van der Waals surface area contributed by atoms with E-state index in [1.54, 1.807) is 29.2 Å². The smallest absolute Gasteiger partial charge is 0.429 e. The molecular weight excluding hydrogens is 628 g/mol. The predicted octanol–water partition coefficient (Wildman–Crippen LogP) is 5.87. The summed E-state index contributed by atoms with van der Waals surface area (Å²) >= 11 is 0. The number of hydrogen-bond donors (Lipinski definition) is 2. The van der Waals surface area contributed by atoms with Crippen molar-refractivity contribution in [1.82, 2.24) is 5.32 Å². The maximum atomic E-state index is 13.3. The number of benzene rings is 4. The van der Waals surface area contributed by atoms with E-state index < -0.39 is 17.0 Å². The van der Waals surface area contributed by atoms with Crippen LogP contribution in [0.25, 0.3) is 0 Å². The van der Waals surface area contributed by atoms with Crippen molar-refractivity contribution in [3.05, 3.63) is 129 Å². The van der Waals surface area contributed by atoms with Crippen LogP contribution in [0.15, 0.2) is 97.1 Å². The maximum Gasteiger partial charge on any atom is 0.514 e. The van der Waals surface area contributed by atoms with Gasteiger partial charge in [0.05, 0.1) is 23.7 Å². The molecule has 0 aromatic heterocycles. The Morgan fingerprint density at radius 1 is 0.796 bits per heavy atom. The fourth-order valence-electron chi connectivity index (χ4n) is 4.96. The van der Waals surface area contributed by atoms with Crippen molar-refractivity contribution in [1.29, 1.82) is 0 Å². The molecule has 0 unspecified atom stereocenters. The molecule has 4 aromatic rings. The van der Waals surface area contributed by atoms with E-state index in [2.05, 4.69) is 22.5 Å². The van der Waals surface area contributed by atoms with Crippen LogP contribution >= 0.6 is 0 Å². The fraction of sp³-hybridized carbons (Fsp3) is 0.189. The second-order valence-corrected chi connectivity index (χ2v) is 11.0. The molecule has 2 N–H and O–H groups in total. The fourth-order valence-corrected chi connectivity index (χ4v) is 4.96. The van der Waals surface area contributed by atoms with Gasteiger partial charge in [-0.3, -0.25) is 24.5 Å². The van der Waals surface area contributed by atoms with Crippen LogP contribution in [0.4, 0.5) is 21.9 Å². The van der Waals surface area contributed by atoms with Crippen LogP contribution in [0, 0.1) is 22.0 Å². The van der Waals surface area contributed by atoms with E-state index in [0.29, 0.717) is 30.6 Å². The molecule has 5 rings (SSSR count). The van der Waals surface area contributed by atoms with Gasteiger partial charge in [-0.05, 0) is 66.4 Å². The molecule has 0 saturated carbocycles. The molecule has 1 aliphatic rings. The van der Waals surface area contributed by atoms with Crippen LogP contribution in [0.2, 0.25) is 0 Å². The zero-order valence-corrected chi connectivity index (χ0v) is 26.3. The standard InChI is InChI=1S/C37H32N4O8/c42-34(11-5-6-12-36(44)40-24-29-9-2-1-7-27(29)15-16-28-8-3-4-10-33(28)40)38-23-35(43)39-30-17-13-26(14-18-30)25-48-37(45)49-32-21-19-31(20-22-32)41(46)47/h1-4,7-10,13-14,17-22H,5-6,11-12,23-25H2,(H,38,42)(H,39,43).